The van der Waals surface area contributed by atoms with E-state index in [0.29, 0.717) is 19.4 Å². The highest BCUT2D eigenvalue weighted by Crippen LogP contribution is 2.26. The van der Waals surface area contributed by atoms with Gasteiger partial charge in [0.1, 0.15) is 0 Å². The number of unbranched alkanes of at least 4 members (excludes halogenated alkanes) is 2. The number of hydrogen-bond donors (Lipinski definition) is 0. The zero-order valence-electron chi connectivity index (χ0n) is 12.6. The Bertz CT molecular complexity index is 499. The second-order valence-corrected chi connectivity index (χ2v) is 5.29. The lowest BCUT2D eigenvalue weighted by Gasteiger charge is -2.30. The Kier molecular flexibility index (Phi) is 5.78. The van der Waals surface area contributed by atoms with Gasteiger partial charge in [0, 0.05) is 37.2 Å². The molecule has 0 aliphatic carbocycles. The highest BCUT2D eigenvalue weighted by atomic mass is 16.5. The van der Waals surface area contributed by atoms with Gasteiger partial charge in [0.15, 0.2) is 5.78 Å². The number of carbonyl (C=O) groups excluding carboxylic acids is 2. The molecule has 1 aliphatic rings. The van der Waals surface area contributed by atoms with Crippen LogP contribution in [0.1, 0.15) is 49.4 Å². The van der Waals surface area contributed by atoms with Crippen LogP contribution >= 0.6 is 0 Å². The molecule has 1 heterocycles. The summed E-state index contributed by atoms with van der Waals surface area (Å²) in [5.41, 5.74) is 1.90. The standard InChI is InChI=1S/C17H23NO3/c1-2-21-17(20)10-4-3-7-12-18-13-11-16(19)14-8-5-6-9-15(14)18/h5-6,8-9H,2-4,7,10-13H2,1H3. The Morgan fingerprint density at radius 3 is 2.86 bits per heavy atom. The molecule has 1 aliphatic heterocycles. The number of esters is 1. The third-order valence-corrected chi connectivity index (χ3v) is 3.77. The molecule has 0 saturated carbocycles. The summed E-state index contributed by atoms with van der Waals surface area (Å²) in [6.45, 7) is 4.02. The number of Topliss-reactive ketones (excluding diaryl/α,β-unsaturated/α-hetero) is 1. The predicted molar refractivity (Wildman–Crippen MR) is 82.7 cm³/mol. The van der Waals surface area contributed by atoms with Crippen LogP contribution in [0.2, 0.25) is 0 Å². The van der Waals surface area contributed by atoms with Crippen molar-refractivity contribution in [2.75, 3.05) is 24.6 Å². The van der Waals surface area contributed by atoms with Crippen molar-refractivity contribution < 1.29 is 14.3 Å². The van der Waals surface area contributed by atoms with Crippen LogP contribution in [0, 0.1) is 0 Å². The van der Waals surface area contributed by atoms with Crippen LogP contribution < -0.4 is 4.90 Å². The molecule has 0 spiro atoms. The van der Waals surface area contributed by atoms with Gasteiger partial charge >= 0.3 is 5.97 Å². The van der Waals surface area contributed by atoms with Crippen molar-refractivity contribution in [3.05, 3.63) is 29.8 Å². The molecule has 4 heteroatoms. The zero-order valence-corrected chi connectivity index (χ0v) is 12.6. The Hall–Kier alpha value is -1.84. The lowest BCUT2D eigenvalue weighted by atomic mass is 10.00. The minimum Gasteiger partial charge on any atom is -0.466 e. The fraction of sp³-hybridized carbons (Fsp3) is 0.529. The molecule has 0 bridgehead atoms. The van der Waals surface area contributed by atoms with E-state index in [1.165, 1.54) is 0 Å². The molecule has 0 atom stereocenters. The second kappa shape index (κ2) is 7.81. The number of carbonyl (C=O) groups is 2. The number of para-hydroxylation sites is 1. The minimum absolute atomic E-state index is 0.105. The van der Waals surface area contributed by atoms with Gasteiger partial charge in [-0.2, -0.15) is 0 Å². The molecule has 0 unspecified atom stereocenters. The van der Waals surface area contributed by atoms with Gasteiger partial charge in [-0.05, 0) is 31.9 Å². The molecule has 0 aromatic heterocycles. The quantitative estimate of drug-likeness (QED) is 0.571. The predicted octanol–water partition coefficient (Wildman–Crippen LogP) is 3.20. The van der Waals surface area contributed by atoms with E-state index >= 15 is 0 Å². The van der Waals surface area contributed by atoms with E-state index in [4.69, 9.17) is 4.74 Å². The number of benzene rings is 1. The summed E-state index contributed by atoms with van der Waals surface area (Å²) >= 11 is 0. The van der Waals surface area contributed by atoms with Crippen LogP contribution in [-0.4, -0.2) is 31.4 Å². The molecule has 0 radical (unpaired) electrons. The van der Waals surface area contributed by atoms with Crippen LogP contribution in [0.3, 0.4) is 0 Å². The largest absolute Gasteiger partial charge is 0.466 e. The third kappa shape index (κ3) is 4.31. The monoisotopic (exact) mass is 289 g/mol. The Morgan fingerprint density at radius 1 is 1.24 bits per heavy atom. The van der Waals surface area contributed by atoms with E-state index < -0.39 is 0 Å². The molecule has 0 amide bonds. The first kappa shape index (κ1) is 15.5. The van der Waals surface area contributed by atoms with Crippen LogP contribution in [0.15, 0.2) is 24.3 Å². The third-order valence-electron chi connectivity index (χ3n) is 3.77. The van der Waals surface area contributed by atoms with Crippen molar-refractivity contribution in [2.45, 2.75) is 39.0 Å². The van der Waals surface area contributed by atoms with Crippen molar-refractivity contribution in [3.63, 3.8) is 0 Å². The van der Waals surface area contributed by atoms with Crippen molar-refractivity contribution in [1.82, 2.24) is 0 Å². The number of ether oxygens (including phenoxy) is 1. The molecule has 0 saturated heterocycles. The number of anilines is 1. The average molecular weight is 289 g/mol. The Balaban J connectivity index is 1.76. The first-order valence-electron chi connectivity index (χ1n) is 7.75. The summed E-state index contributed by atoms with van der Waals surface area (Å²) in [5, 5.41) is 0. The molecule has 4 nitrogen and oxygen atoms in total. The molecule has 1 aromatic carbocycles. The Labute approximate surface area is 126 Å². The molecule has 0 N–H and O–H groups in total. The van der Waals surface area contributed by atoms with Crippen molar-refractivity contribution >= 4 is 17.4 Å². The summed E-state index contributed by atoms with van der Waals surface area (Å²) in [4.78, 5) is 25.4. The summed E-state index contributed by atoms with van der Waals surface area (Å²) in [6, 6.07) is 7.82. The molecule has 0 fully saturated rings. The fourth-order valence-corrected chi connectivity index (χ4v) is 2.69. The van der Waals surface area contributed by atoms with Crippen LogP contribution in [-0.2, 0) is 9.53 Å². The van der Waals surface area contributed by atoms with Crippen LogP contribution in [0.5, 0.6) is 0 Å². The maximum absolute atomic E-state index is 11.9. The molecular weight excluding hydrogens is 266 g/mol. The molecular formula is C17H23NO3. The van der Waals surface area contributed by atoms with E-state index in [2.05, 4.69) is 4.90 Å². The Morgan fingerprint density at radius 2 is 2.05 bits per heavy atom. The van der Waals surface area contributed by atoms with E-state index in [1.54, 1.807) is 0 Å². The number of rotatable bonds is 7. The maximum atomic E-state index is 11.9. The highest BCUT2D eigenvalue weighted by Gasteiger charge is 2.21. The van der Waals surface area contributed by atoms with Crippen molar-refractivity contribution in [1.29, 1.82) is 0 Å². The first-order chi connectivity index (χ1) is 10.2. The van der Waals surface area contributed by atoms with Crippen molar-refractivity contribution in [2.24, 2.45) is 0 Å². The van der Waals surface area contributed by atoms with E-state index in [0.717, 1.165) is 43.6 Å². The van der Waals surface area contributed by atoms with Gasteiger partial charge in [-0.1, -0.05) is 18.6 Å². The smallest absolute Gasteiger partial charge is 0.305 e. The lowest BCUT2D eigenvalue weighted by Crippen LogP contribution is -2.32. The first-order valence-corrected chi connectivity index (χ1v) is 7.75. The van der Waals surface area contributed by atoms with E-state index in [-0.39, 0.29) is 11.8 Å². The van der Waals surface area contributed by atoms with Crippen LogP contribution in [0.25, 0.3) is 0 Å². The molecule has 1 aromatic rings. The number of fused-ring (bicyclic) bond motifs is 1. The summed E-state index contributed by atoms with van der Waals surface area (Å²) in [7, 11) is 0. The zero-order chi connectivity index (χ0) is 15.1. The van der Waals surface area contributed by atoms with Gasteiger partial charge in [0.25, 0.3) is 0 Å². The fourth-order valence-electron chi connectivity index (χ4n) is 2.69. The normalized spacial score (nSPS) is 14.0. The summed E-state index contributed by atoms with van der Waals surface area (Å²) < 4.78 is 4.91. The average Bonchev–Trinajstić information content (AvgIpc) is 2.49. The van der Waals surface area contributed by atoms with Gasteiger partial charge in [-0.25, -0.2) is 0 Å². The number of nitrogens with zero attached hydrogens (tertiary/aromatic N) is 1. The summed E-state index contributed by atoms with van der Waals surface area (Å²) in [5.74, 6) is 0.135. The van der Waals surface area contributed by atoms with Gasteiger partial charge in [0.2, 0.25) is 0 Å². The topological polar surface area (TPSA) is 46.6 Å². The number of hydrogen-bond acceptors (Lipinski definition) is 4. The second-order valence-electron chi connectivity index (χ2n) is 5.29. The molecule has 114 valence electrons. The SMILES string of the molecule is CCOC(=O)CCCCCN1CCC(=O)c2ccccc21. The minimum atomic E-state index is -0.105. The lowest BCUT2D eigenvalue weighted by molar-refractivity contribution is -0.143. The van der Waals surface area contributed by atoms with Gasteiger partial charge in [0.05, 0.1) is 6.61 Å². The van der Waals surface area contributed by atoms with Crippen molar-refractivity contribution in [3.8, 4) is 0 Å². The maximum Gasteiger partial charge on any atom is 0.305 e. The van der Waals surface area contributed by atoms with E-state index in [1.807, 2.05) is 31.2 Å². The molecule has 21 heavy (non-hydrogen) atoms. The van der Waals surface area contributed by atoms with E-state index in [9.17, 15) is 9.59 Å². The molecule has 2 rings (SSSR count). The van der Waals surface area contributed by atoms with Crippen LogP contribution in [0.4, 0.5) is 5.69 Å². The number of ketones is 1. The van der Waals surface area contributed by atoms with Gasteiger partial charge in [-0.3, -0.25) is 9.59 Å². The highest BCUT2D eigenvalue weighted by molar-refractivity contribution is 6.03. The summed E-state index contributed by atoms with van der Waals surface area (Å²) in [6.07, 6.45) is 4.00. The van der Waals surface area contributed by atoms with Gasteiger partial charge < -0.3 is 9.64 Å². The van der Waals surface area contributed by atoms with Gasteiger partial charge in [-0.15, -0.1) is 0 Å².